The molecular weight excluding hydrogens is 205 g/mol. The van der Waals surface area contributed by atoms with Gasteiger partial charge in [0, 0.05) is 0 Å². The molecule has 1 amide bonds. The Morgan fingerprint density at radius 3 is 2.50 bits per heavy atom. The summed E-state index contributed by atoms with van der Waals surface area (Å²) >= 11 is 0. The van der Waals surface area contributed by atoms with Crippen LogP contribution in [0.1, 0.15) is 55.1 Å². The summed E-state index contributed by atoms with van der Waals surface area (Å²) in [5.74, 6) is -0.469. The zero-order chi connectivity index (χ0) is 12.1. The van der Waals surface area contributed by atoms with Crippen molar-refractivity contribution in [1.82, 2.24) is 5.32 Å². The Balaban J connectivity index is 2.68. The summed E-state index contributed by atoms with van der Waals surface area (Å²) in [6.45, 7) is 7.80. The lowest BCUT2D eigenvalue weighted by atomic mass is 9.90. The molecule has 1 N–H and O–H groups in total. The number of rotatable bonds is 1. The van der Waals surface area contributed by atoms with Gasteiger partial charge < -0.3 is 5.32 Å². The lowest BCUT2D eigenvalue weighted by molar-refractivity contribution is 0.0937. The fraction of sp³-hybridized carbons (Fsp3) is 0.462. The van der Waals surface area contributed by atoms with Gasteiger partial charge in [0.05, 0.1) is 11.1 Å². The minimum absolute atomic E-state index is 0.203. The number of halogens is 1. The molecule has 1 aromatic rings. The van der Waals surface area contributed by atoms with Crippen molar-refractivity contribution < 1.29 is 9.18 Å². The van der Waals surface area contributed by atoms with Crippen molar-refractivity contribution in [3.05, 3.63) is 34.6 Å². The molecule has 2 nitrogen and oxygen atoms in total. The van der Waals surface area contributed by atoms with Gasteiger partial charge in [-0.1, -0.05) is 19.9 Å². The lowest BCUT2D eigenvalue weighted by Gasteiger charge is -2.20. The quantitative estimate of drug-likeness (QED) is 0.776. The first-order valence-electron chi connectivity index (χ1n) is 5.49. The van der Waals surface area contributed by atoms with E-state index in [0.29, 0.717) is 0 Å². The van der Waals surface area contributed by atoms with Crippen LogP contribution >= 0.6 is 0 Å². The first kappa shape index (κ1) is 11.1. The zero-order valence-electron chi connectivity index (χ0n) is 10.0. The van der Waals surface area contributed by atoms with Crippen LogP contribution in [0.4, 0.5) is 4.39 Å². The molecular formula is C13H16FNO. The van der Waals surface area contributed by atoms with Crippen LogP contribution in [0.2, 0.25) is 0 Å². The Kier molecular flexibility index (Phi) is 2.30. The number of carbonyl (C=O) groups excluding carboxylic acids is 1. The predicted octanol–water partition coefficient (Wildman–Crippen LogP) is 2.93. The Hall–Kier alpha value is -1.38. The maximum absolute atomic E-state index is 13.8. The highest BCUT2D eigenvalue weighted by Crippen LogP contribution is 2.34. The molecule has 86 valence electrons. The average molecular weight is 221 g/mol. The highest BCUT2D eigenvalue weighted by atomic mass is 19.1. The lowest BCUT2D eigenvalue weighted by Crippen LogP contribution is -2.32. The molecule has 0 aliphatic carbocycles. The molecule has 2 rings (SSSR count). The molecule has 1 aromatic carbocycles. The maximum Gasteiger partial charge on any atom is 0.255 e. The summed E-state index contributed by atoms with van der Waals surface area (Å²) in [5, 5.41) is 2.79. The summed E-state index contributed by atoms with van der Waals surface area (Å²) in [7, 11) is 0. The van der Waals surface area contributed by atoms with Gasteiger partial charge in [-0.15, -0.1) is 0 Å². The minimum atomic E-state index is -0.474. The summed E-state index contributed by atoms with van der Waals surface area (Å²) in [6.07, 6.45) is 0. The summed E-state index contributed by atoms with van der Waals surface area (Å²) in [6, 6.07) is 3.39. The van der Waals surface area contributed by atoms with Crippen molar-refractivity contribution >= 4 is 5.91 Å². The zero-order valence-corrected chi connectivity index (χ0v) is 10.0. The van der Waals surface area contributed by atoms with Gasteiger partial charge in [0.2, 0.25) is 0 Å². The van der Waals surface area contributed by atoms with Crippen LogP contribution in [0.3, 0.4) is 0 Å². The van der Waals surface area contributed by atoms with Crippen molar-refractivity contribution in [1.29, 1.82) is 0 Å². The molecule has 1 heterocycles. The molecule has 0 unspecified atom stereocenters. The Morgan fingerprint density at radius 2 is 1.94 bits per heavy atom. The highest BCUT2D eigenvalue weighted by molar-refractivity contribution is 6.00. The fourth-order valence-corrected chi connectivity index (χ4v) is 2.10. The van der Waals surface area contributed by atoms with Gasteiger partial charge in [-0.05, 0) is 37.0 Å². The molecule has 0 fully saturated rings. The molecule has 1 aliphatic rings. The third kappa shape index (κ3) is 1.51. The van der Waals surface area contributed by atoms with Gasteiger partial charge >= 0.3 is 0 Å². The second kappa shape index (κ2) is 3.30. The molecule has 1 aliphatic heterocycles. The standard InChI is InChI=1S/C13H16FNO/c1-7(2)8-5-9-11(10(14)6-8)12(16)15-13(9,3)4/h5-7H,1-4H3,(H,15,16). The normalized spacial score (nSPS) is 17.5. The molecule has 0 saturated heterocycles. The number of fused-ring (bicyclic) bond motifs is 1. The van der Waals surface area contributed by atoms with Crippen LogP contribution in [0.15, 0.2) is 12.1 Å². The maximum atomic E-state index is 13.8. The van der Waals surface area contributed by atoms with Crippen molar-refractivity contribution in [3.8, 4) is 0 Å². The molecule has 16 heavy (non-hydrogen) atoms. The van der Waals surface area contributed by atoms with Crippen molar-refractivity contribution in [3.63, 3.8) is 0 Å². The van der Waals surface area contributed by atoms with Crippen molar-refractivity contribution in [2.75, 3.05) is 0 Å². The van der Waals surface area contributed by atoms with E-state index in [1.54, 1.807) is 0 Å². The third-order valence-electron chi connectivity index (χ3n) is 3.11. The number of hydrogen-bond donors (Lipinski definition) is 1. The molecule has 0 radical (unpaired) electrons. The second-order valence-corrected chi connectivity index (χ2v) is 5.16. The van der Waals surface area contributed by atoms with E-state index in [-0.39, 0.29) is 17.4 Å². The third-order valence-corrected chi connectivity index (χ3v) is 3.11. The SMILES string of the molecule is CC(C)c1cc(F)c2c(c1)C(C)(C)NC2=O. The van der Waals surface area contributed by atoms with E-state index in [1.807, 2.05) is 33.8 Å². The van der Waals surface area contributed by atoms with Gasteiger partial charge in [-0.25, -0.2) is 4.39 Å². The minimum Gasteiger partial charge on any atom is -0.343 e. The monoisotopic (exact) mass is 221 g/mol. The van der Waals surface area contributed by atoms with E-state index in [0.717, 1.165) is 11.1 Å². The molecule has 3 heteroatoms. The van der Waals surface area contributed by atoms with Crippen LogP contribution in [-0.4, -0.2) is 5.91 Å². The number of hydrogen-bond acceptors (Lipinski definition) is 1. The van der Waals surface area contributed by atoms with Crippen LogP contribution < -0.4 is 5.32 Å². The van der Waals surface area contributed by atoms with E-state index in [2.05, 4.69) is 5.32 Å². The summed E-state index contributed by atoms with van der Waals surface area (Å²) in [5.41, 5.74) is 1.43. The van der Waals surface area contributed by atoms with Crippen molar-refractivity contribution in [2.24, 2.45) is 0 Å². The van der Waals surface area contributed by atoms with Gasteiger partial charge in [-0.2, -0.15) is 0 Å². The second-order valence-electron chi connectivity index (χ2n) is 5.16. The topological polar surface area (TPSA) is 29.1 Å². The molecule has 0 bridgehead atoms. The molecule has 0 saturated carbocycles. The largest absolute Gasteiger partial charge is 0.343 e. The number of nitrogens with one attached hydrogen (secondary N) is 1. The average Bonchev–Trinajstić information content (AvgIpc) is 2.37. The van der Waals surface area contributed by atoms with Crippen LogP contribution in [-0.2, 0) is 5.54 Å². The predicted molar refractivity (Wildman–Crippen MR) is 61.0 cm³/mol. The molecule has 0 atom stereocenters. The summed E-state index contributed by atoms with van der Waals surface area (Å²) < 4.78 is 13.8. The Bertz CT molecular complexity index is 463. The van der Waals surface area contributed by atoms with Crippen LogP contribution in [0, 0.1) is 5.82 Å². The first-order chi connectivity index (χ1) is 7.33. The first-order valence-corrected chi connectivity index (χ1v) is 5.49. The summed E-state index contributed by atoms with van der Waals surface area (Å²) in [4.78, 5) is 11.6. The Morgan fingerprint density at radius 1 is 1.31 bits per heavy atom. The van der Waals surface area contributed by atoms with E-state index >= 15 is 0 Å². The van der Waals surface area contributed by atoms with Gasteiger partial charge in [0.15, 0.2) is 0 Å². The van der Waals surface area contributed by atoms with E-state index in [9.17, 15) is 9.18 Å². The van der Waals surface area contributed by atoms with Crippen LogP contribution in [0.25, 0.3) is 0 Å². The van der Waals surface area contributed by atoms with Gasteiger partial charge in [0.1, 0.15) is 5.82 Å². The highest BCUT2D eigenvalue weighted by Gasteiger charge is 2.37. The molecule has 0 spiro atoms. The number of carbonyl (C=O) groups is 1. The molecule has 0 aromatic heterocycles. The van der Waals surface area contributed by atoms with Gasteiger partial charge in [-0.3, -0.25) is 4.79 Å². The van der Waals surface area contributed by atoms with E-state index < -0.39 is 11.4 Å². The van der Waals surface area contributed by atoms with E-state index in [4.69, 9.17) is 0 Å². The fourth-order valence-electron chi connectivity index (χ4n) is 2.10. The number of benzene rings is 1. The van der Waals surface area contributed by atoms with Crippen LogP contribution in [0.5, 0.6) is 0 Å². The smallest absolute Gasteiger partial charge is 0.255 e. The number of amides is 1. The van der Waals surface area contributed by atoms with E-state index in [1.165, 1.54) is 6.07 Å². The van der Waals surface area contributed by atoms with Gasteiger partial charge in [0.25, 0.3) is 5.91 Å². The Labute approximate surface area is 94.9 Å². The van der Waals surface area contributed by atoms with Crippen molar-refractivity contribution in [2.45, 2.75) is 39.2 Å².